The summed E-state index contributed by atoms with van der Waals surface area (Å²) in [4.78, 5) is 31.6. The van der Waals surface area contributed by atoms with E-state index in [1.807, 2.05) is 53.4 Å². The van der Waals surface area contributed by atoms with Crippen molar-refractivity contribution in [2.45, 2.75) is 30.6 Å². The van der Waals surface area contributed by atoms with Crippen molar-refractivity contribution in [3.8, 4) is 5.75 Å². The number of likely N-dealkylation sites (tertiary alicyclic amines) is 1. The fourth-order valence-electron chi connectivity index (χ4n) is 3.90. The van der Waals surface area contributed by atoms with Crippen LogP contribution in [0.4, 0.5) is 5.69 Å². The second-order valence-corrected chi connectivity index (χ2v) is 9.60. The number of para-hydroxylation sites is 1. The number of nitrogens with zero attached hydrogens (tertiary/aromatic N) is 2. The van der Waals surface area contributed by atoms with Gasteiger partial charge in [-0.25, -0.2) is 0 Å². The third kappa shape index (κ3) is 4.99. The van der Waals surface area contributed by atoms with Crippen LogP contribution in [0, 0.1) is 0 Å². The second kappa shape index (κ2) is 9.92. The number of anilines is 1. The maximum Gasteiger partial charge on any atom is 0.265 e. The molecule has 7 heteroatoms. The van der Waals surface area contributed by atoms with Crippen molar-refractivity contribution in [2.75, 3.05) is 31.6 Å². The quantitative estimate of drug-likeness (QED) is 0.531. The number of rotatable bonds is 4. The fourth-order valence-corrected chi connectivity index (χ4v) is 5.52. The first-order valence-electron chi connectivity index (χ1n) is 10.5. The molecular weight excluding hydrogens is 476 g/mol. The molecule has 1 saturated heterocycles. The Kier molecular flexibility index (Phi) is 7.02. The van der Waals surface area contributed by atoms with Crippen LogP contribution < -0.4 is 9.64 Å². The molecule has 0 aliphatic carbocycles. The van der Waals surface area contributed by atoms with Crippen LogP contribution in [0.2, 0.25) is 0 Å². The first-order chi connectivity index (χ1) is 15.1. The first-order valence-corrected chi connectivity index (χ1v) is 12.1. The number of fused-ring (bicyclic) bond motifs is 1. The van der Waals surface area contributed by atoms with Gasteiger partial charge in [0.2, 0.25) is 5.91 Å². The summed E-state index contributed by atoms with van der Waals surface area (Å²) in [5, 5.41) is 0. The average molecular weight is 501 g/mol. The van der Waals surface area contributed by atoms with Gasteiger partial charge in [-0.1, -0.05) is 42.8 Å². The van der Waals surface area contributed by atoms with Crippen LogP contribution in [0.5, 0.6) is 5.75 Å². The Labute approximate surface area is 195 Å². The number of ether oxygens (including phenoxy) is 1. The van der Waals surface area contributed by atoms with Gasteiger partial charge in [0.05, 0.1) is 22.2 Å². The van der Waals surface area contributed by atoms with E-state index in [4.69, 9.17) is 4.74 Å². The molecule has 0 bridgehead atoms. The lowest BCUT2D eigenvalue weighted by atomic mass is 10.2. The number of benzene rings is 2. The molecule has 2 amide bonds. The Balaban J connectivity index is 1.62. The monoisotopic (exact) mass is 500 g/mol. The summed E-state index contributed by atoms with van der Waals surface area (Å²) in [7, 11) is 1.62. The topological polar surface area (TPSA) is 49.9 Å². The van der Waals surface area contributed by atoms with Gasteiger partial charge in [0.25, 0.3) is 5.91 Å². The number of hydrogen-bond donors (Lipinski definition) is 0. The first kappa shape index (κ1) is 22.0. The summed E-state index contributed by atoms with van der Waals surface area (Å²) in [6.45, 7) is 1.62. The number of carbonyl (C=O) groups excluding carboxylic acids is 2. The maximum atomic E-state index is 13.4. The predicted octanol–water partition coefficient (Wildman–Crippen LogP) is 5.34. The largest absolute Gasteiger partial charge is 0.496 e. The Morgan fingerprint density at radius 2 is 1.87 bits per heavy atom. The lowest BCUT2D eigenvalue weighted by molar-refractivity contribution is -0.130. The number of amides is 2. The third-order valence-corrected chi connectivity index (χ3v) is 7.25. The van der Waals surface area contributed by atoms with Crippen molar-refractivity contribution in [1.29, 1.82) is 0 Å². The van der Waals surface area contributed by atoms with E-state index in [2.05, 4.69) is 15.9 Å². The highest BCUT2D eigenvalue weighted by Gasteiger charge is 2.31. The van der Waals surface area contributed by atoms with Crippen LogP contribution in [-0.2, 0) is 9.59 Å². The molecule has 1 fully saturated rings. The summed E-state index contributed by atoms with van der Waals surface area (Å²) in [6.07, 6.45) is 6.26. The number of thioether (sulfide) groups is 1. The predicted molar refractivity (Wildman–Crippen MR) is 128 cm³/mol. The van der Waals surface area contributed by atoms with Crippen LogP contribution in [0.1, 0.15) is 31.2 Å². The Morgan fingerprint density at radius 3 is 2.58 bits per heavy atom. The maximum absolute atomic E-state index is 13.4. The molecule has 31 heavy (non-hydrogen) atoms. The van der Waals surface area contributed by atoms with Crippen LogP contribution in [0.3, 0.4) is 0 Å². The lowest BCUT2D eigenvalue weighted by Gasteiger charge is -2.31. The normalized spacial score (nSPS) is 18.0. The molecule has 2 heterocycles. The summed E-state index contributed by atoms with van der Waals surface area (Å²) in [5.74, 6) is 0.613. The molecule has 2 aromatic rings. The summed E-state index contributed by atoms with van der Waals surface area (Å²) < 4.78 is 6.12. The fraction of sp³-hybridized carbons (Fsp3) is 0.333. The number of carbonyl (C=O) groups is 2. The summed E-state index contributed by atoms with van der Waals surface area (Å²) in [6, 6.07) is 13.5. The van der Waals surface area contributed by atoms with Crippen molar-refractivity contribution in [3.63, 3.8) is 0 Å². The van der Waals surface area contributed by atoms with Gasteiger partial charge >= 0.3 is 0 Å². The zero-order valence-electron chi connectivity index (χ0n) is 17.5. The Bertz CT molecular complexity index is 1020. The van der Waals surface area contributed by atoms with Gasteiger partial charge in [0.15, 0.2) is 0 Å². The standard InChI is InChI=1S/C24H25BrN2O3S/c1-30-20-11-10-17(14-18(20)25)15-22-24(29)27(19-8-4-5-9-21(19)31-22)16-23(28)26-12-6-2-3-7-13-26/h4-5,8-11,14-15H,2-3,6-7,12-13,16H2,1H3. The molecule has 162 valence electrons. The molecule has 0 aromatic heterocycles. The van der Waals surface area contributed by atoms with Crippen molar-refractivity contribution in [2.24, 2.45) is 0 Å². The molecular formula is C24H25BrN2O3S. The molecule has 2 aromatic carbocycles. The molecule has 0 radical (unpaired) electrons. The van der Waals surface area contributed by atoms with Gasteiger partial charge < -0.3 is 9.64 Å². The van der Waals surface area contributed by atoms with Gasteiger partial charge in [0.1, 0.15) is 12.3 Å². The summed E-state index contributed by atoms with van der Waals surface area (Å²) in [5.41, 5.74) is 1.69. The van der Waals surface area contributed by atoms with Crippen LogP contribution in [0.25, 0.3) is 6.08 Å². The molecule has 0 atom stereocenters. The van der Waals surface area contributed by atoms with Gasteiger partial charge in [-0.15, -0.1) is 0 Å². The van der Waals surface area contributed by atoms with Crippen LogP contribution in [0.15, 0.2) is 56.7 Å². The molecule has 0 unspecified atom stereocenters. The lowest BCUT2D eigenvalue weighted by Crippen LogP contribution is -2.44. The Morgan fingerprint density at radius 1 is 1.13 bits per heavy atom. The molecule has 0 spiro atoms. The molecule has 5 nitrogen and oxygen atoms in total. The van der Waals surface area contributed by atoms with Crippen molar-refractivity contribution < 1.29 is 14.3 Å². The van der Waals surface area contributed by atoms with E-state index in [-0.39, 0.29) is 18.4 Å². The van der Waals surface area contributed by atoms with Crippen molar-refractivity contribution >= 4 is 51.3 Å². The highest BCUT2D eigenvalue weighted by atomic mass is 79.9. The van der Waals surface area contributed by atoms with Gasteiger partial charge in [0, 0.05) is 18.0 Å². The van der Waals surface area contributed by atoms with Crippen molar-refractivity contribution in [1.82, 2.24) is 4.90 Å². The van der Waals surface area contributed by atoms with E-state index in [1.165, 1.54) is 11.8 Å². The zero-order chi connectivity index (χ0) is 21.8. The summed E-state index contributed by atoms with van der Waals surface area (Å²) >= 11 is 4.95. The highest BCUT2D eigenvalue weighted by molar-refractivity contribution is 9.10. The highest BCUT2D eigenvalue weighted by Crippen LogP contribution is 2.42. The zero-order valence-corrected chi connectivity index (χ0v) is 19.9. The van der Waals surface area contributed by atoms with Crippen LogP contribution >= 0.6 is 27.7 Å². The van der Waals surface area contributed by atoms with Gasteiger partial charge in [-0.05, 0) is 64.7 Å². The molecule has 2 aliphatic rings. The molecule has 2 aliphatic heterocycles. The number of hydrogen-bond acceptors (Lipinski definition) is 4. The van der Waals surface area contributed by atoms with Crippen LogP contribution in [-0.4, -0.2) is 43.5 Å². The van der Waals surface area contributed by atoms with E-state index in [0.29, 0.717) is 4.91 Å². The third-order valence-electron chi connectivity index (χ3n) is 5.56. The van der Waals surface area contributed by atoms with E-state index >= 15 is 0 Å². The molecule has 4 rings (SSSR count). The number of methoxy groups -OCH3 is 1. The van der Waals surface area contributed by atoms with E-state index in [9.17, 15) is 9.59 Å². The Hall–Kier alpha value is -2.25. The van der Waals surface area contributed by atoms with E-state index < -0.39 is 0 Å². The minimum Gasteiger partial charge on any atom is -0.496 e. The van der Waals surface area contributed by atoms with Gasteiger partial charge in [-0.3, -0.25) is 14.5 Å². The molecule has 0 N–H and O–H groups in total. The number of halogens is 1. The van der Waals surface area contributed by atoms with Crippen molar-refractivity contribution in [3.05, 3.63) is 57.4 Å². The van der Waals surface area contributed by atoms with Gasteiger partial charge in [-0.2, -0.15) is 0 Å². The average Bonchev–Trinajstić information content (AvgIpc) is 3.06. The SMILES string of the molecule is COc1ccc(C=C2Sc3ccccc3N(CC(=O)N3CCCCCC3)C2=O)cc1Br. The van der Waals surface area contributed by atoms with E-state index in [1.54, 1.807) is 12.0 Å². The molecule has 0 saturated carbocycles. The smallest absolute Gasteiger partial charge is 0.265 e. The second-order valence-electron chi connectivity index (χ2n) is 7.66. The minimum atomic E-state index is -0.140. The minimum absolute atomic E-state index is 0.0171. The van der Waals surface area contributed by atoms with E-state index in [0.717, 1.165) is 65.1 Å².